The van der Waals surface area contributed by atoms with E-state index in [-0.39, 0.29) is 0 Å². The maximum absolute atomic E-state index is 13.1. The van der Waals surface area contributed by atoms with Crippen LogP contribution in [0.5, 0.6) is 0 Å². The Morgan fingerprint density at radius 3 is 1.95 bits per heavy atom. The Morgan fingerprint density at radius 2 is 1.50 bits per heavy atom. The summed E-state index contributed by atoms with van der Waals surface area (Å²) in [6, 6.07) is 20.6. The molecule has 0 spiro atoms. The fraction of sp³-hybridized carbons (Fsp3) is 0.211. The van der Waals surface area contributed by atoms with E-state index >= 15 is 0 Å². The molecule has 0 aromatic heterocycles. The van der Waals surface area contributed by atoms with Crippen molar-refractivity contribution in [2.75, 3.05) is 0 Å². The molecule has 0 radical (unpaired) electrons. The highest BCUT2D eigenvalue weighted by Crippen LogP contribution is 2.12. The molecule has 0 unspecified atom stereocenters. The molecular formula is C19H21BrOSi. The fourth-order valence-electron chi connectivity index (χ4n) is 2.73. The van der Waals surface area contributed by atoms with E-state index in [0.717, 1.165) is 12.8 Å². The number of hydrogen-bond donors (Lipinski definition) is 0. The van der Waals surface area contributed by atoms with E-state index in [4.69, 9.17) is 0 Å². The van der Waals surface area contributed by atoms with Gasteiger partial charge in [-0.25, -0.2) is 0 Å². The van der Waals surface area contributed by atoms with Crippen LogP contribution in [0, 0.1) is 0 Å². The summed E-state index contributed by atoms with van der Waals surface area (Å²) in [7, 11) is -2.34. The van der Waals surface area contributed by atoms with Gasteiger partial charge in [0.25, 0.3) is 0 Å². The third-order valence-electron chi connectivity index (χ3n) is 4.12. The van der Waals surface area contributed by atoms with Crippen molar-refractivity contribution in [3.63, 3.8) is 0 Å². The Balaban J connectivity index is 2.32. The molecule has 0 fully saturated rings. The maximum Gasteiger partial charge on any atom is 0.190 e. The second-order valence-corrected chi connectivity index (χ2v) is 10.0. The second kappa shape index (κ2) is 8.25. The number of allylic oxidation sites excluding steroid dienone is 1. The molecule has 114 valence electrons. The fourth-order valence-corrected chi connectivity index (χ4v) is 6.36. The number of carbonyl (C=O) groups excluding carboxylic acids is 1. The number of carbonyl (C=O) groups is 1. The van der Waals surface area contributed by atoms with Crippen LogP contribution in [0.2, 0.25) is 6.55 Å². The van der Waals surface area contributed by atoms with Gasteiger partial charge in [0.05, 0.1) is 0 Å². The van der Waals surface area contributed by atoms with Crippen molar-refractivity contribution in [3.05, 3.63) is 71.7 Å². The topological polar surface area (TPSA) is 17.1 Å². The summed E-state index contributed by atoms with van der Waals surface area (Å²) in [5.41, 5.74) is 0. The molecule has 0 aliphatic rings. The molecule has 2 aromatic carbocycles. The lowest BCUT2D eigenvalue weighted by atomic mass is 10.2. The van der Waals surface area contributed by atoms with Crippen molar-refractivity contribution in [1.29, 1.82) is 0 Å². The van der Waals surface area contributed by atoms with Gasteiger partial charge in [-0.2, -0.15) is 0 Å². The summed E-state index contributed by atoms with van der Waals surface area (Å²) in [4.78, 5) is 14.9. The quantitative estimate of drug-likeness (QED) is 0.528. The Morgan fingerprint density at radius 1 is 1.00 bits per heavy atom. The SMILES string of the molecule is C[Si](C(=O)CCC/C=C/Br)(c1ccccc1)c1ccccc1. The van der Waals surface area contributed by atoms with Gasteiger partial charge in [0.2, 0.25) is 0 Å². The molecule has 0 heterocycles. The Bertz CT molecular complexity index is 583. The van der Waals surface area contributed by atoms with Crippen LogP contribution < -0.4 is 10.4 Å². The van der Waals surface area contributed by atoms with Crippen molar-refractivity contribution in [2.24, 2.45) is 0 Å². The van der Waals surface area contributed by atoms with Crippen LogP contribution in [-0.4, -0.2) is 13.5 Å². The standard InChI is InChI=1S/C19H21BrOSi/c1-22(17-11-5-2-6-12-17,18-13-7-3-8-14-18)19(21)15-9-4-10-16-20/h2-3,5-8,10-14,16H,4,9,15H2,1H3/b16-10+. The van der Waals surface area contributed by atoms with E-state index in [1.165, 1.54) is 10.4 Å². The van der Waals surface area contributed by atoms with Crippen molar-refractivity contribution in [3.8, 4) is 0 Å². The average Bonchev–Trinajstić information content (AvgIpc) is 2.59. The van der Waals surface area contributed by atoms with E-state index in [1.807, 2.05) is 41.4 Å². The monoisotopic (exact) mass is 372 g/mol. The first kappa shape index (κ1) is 16.9. The van der Waals surface area contributed by atoms with Crippen LogP contribution in [0.25, 0.3) is 0 Å². The predicted molar refractivity (Wildman–Crippen MR) is 101 cm³/mol. The molecule has 0 atom stereocenters. The van der Waals surface area contributed by atoms with Crippen molar-refractivity contribution >= 4 is 39.8 Å². The maximum atomic E-state index is 13.1. The van der Waals surface area contributed by atoms with Gasteiger partial charge in [0.1, 0.15) is 5.41 Å². The third kappa shape index (κ3) is 3.84. The number of hydrogen-bond acceptors (Lipinski definition) is 1. The molecule has 0 aliphatic heterocycles. The minimum absolute atomic E-state index is 0.410. The Hall–Kier alpha value is -1.45. The van der Waals surface area contributed by atoms with Crippen LogP contribution in [0.1, 0.15) is 19.3 Å². The minimum atomic E-state index is -2.34. The van der Waals surface area contributed by atoms with E-state index < -0.39 is 8.07 Å². The summed E-state index contributed by atoms with van der Waals surface area (Å²) >= 11 is 3.27. The molecule has 1 nitrogen and oxygen atoms in total. The predicted octanol–water partition coefficient (Wildman–Crippen LogP) is 4.07. The third-order valence-corrected chi connectivity index (χ3v) is 8.84. The molecule has 2 aromatic rings. The number of unbranched alkanes of at least 4 members (excludes halogenated alkanes) is 1. The van der Waals surface area contributed by atoms with E-state index in [9.17, 15) is 4.79 Å². The lowest BCUT2D eigenvalue weighted by Crippen LogP contribution is -2.62. The number of halogens is 1. The highest BCUT2D eigenvalue weighted by atomic mass is 79.9. The second-order valence-electron chi connectivity index (χ2n) is 5.53. The molecule has 2 rings (SSSR count). The zero-order valence-corrected chi connectivity index (χ0v) is 15.4. The van der Waals surface area contributed by atoms with Crippen molar-refractivity contribution < 1.29 is 4.79 Å². The van der Waals surface area contributed by atoms with E-state index in [2.05, 4.69) is 52.8 Å². The minimum Gasteiger partial charge on any atom is -0.305 e. The largest absolute Gasteiger partial charge is 0.305 e. The Labute approximate surface area is 142 Å². The van der Waals surface area contributed by atoms with Gasteiger partial charge >= 0.3 is 0 Å². The van der Waals surface area contributed by atoms with Crippen molar-refractivity contribution in [2.45, 2.75) is 25.8 Å². The molecule has 0 saturated carbocycles. The summed E-state index contributed by atoms with van der Waals surface area (Å²) in [5, 5.41) is 2.80. The van der Waals surface area contributed by atoms with Crippen molar-refractivity contribution in [1.82, 2.24) is 0 Å². The van der Waals surface area contributed by atoms with Gasteiger partial charge in [-0.1, -0.05) is 89.2 Å². The normalized spacial score (nSPS) is 11.7. The lowest BCUT2D eigenvalue weighted by molar-refractivity contribution is -0.112. The van der Waals surface area contributed by atoms with Crippen LogP contribution in [0.15, 0.2) is 71.7 Å². The summed E-state index contributed by atoms with van der Waals surface area (Å²) in [5.74, 6) is 0. The van der Waals surface area contributed by atoms with Gasteiger partial charge in [0.15, 0.2) is 8.07 Å². The molecule has 0 N–H and O–H groups in total. The van der Waals surface area contributed by atoms with E-state index in [0.29, 0.717) is 11.8 Å². The lowest BCUT2D eigenvalue weighted by Gasteiger charge is -2.27. The summed E-state index contributed by atoms with van der Waals surface area (Å²) in [6.07, 6.45) is 4.54. The van der Waals surface area contributed by atoms with Gasteiger partial charge in [-0.05, 0) is 28.2 Å². The van der Waals surface area contributed by atoms with Gasteiger partial charge in [-0.15, -0.1) is 0 Å². The van der Waals surface area contributed by atoms with Crippen LogP contribution in [0.4, 0.5) is 0 Å². The van der Waals surface area contributed by atoms with Gasteiger partial charge < -0.3 is 4.79 Å². The molecule has 3 heteroatoms. The molecule has 0 amide bonds. The first-order valence-corrected chi connectivity index (χ1v) is 11.0. The molecule has 0 bridgehead atoms. The Kier molecular flexibility index (Phi) is 6.34. The van der Waals surface area contributed by atoms with Crippen LogP contribution in [-0.2, 0) is 4.79 Å². The summed E-state index contributed by atoms with van der Waals surface area (Å²) < 4.78 is 0. The average molecular weight is 373 g/mol. The van der Waals surface area contributed by atoms with Gasteiger partial charge in [0, 0.05) is 6.42 Å². The molecule has 22 heavy (non-hydrogen) atoms. The highest BCUT2D eigenvalue weighted by molar-refractivity contribution is 9.11. The number of rotatable bonds is 7. The molecule has 0 aliphatic carbocycles. The smallest absolute Gasteiger partial charge is 0.190 e. The first-order chi connectivity index (χ1) is 10.7. The zero-order valence-electron chi connectivity index (χ0n) is 12.8. The first-order valence-electron chi connectivity index (χ1n) is 7.59. The summed E-state index contributed by atoms with van der Waals surface area (Å²) in [6.45, 7) is 2.18. The van der Waals surface area contributed by atoms with E-state index in [1.54, 1.807) is 0 Å². The van der Waals surface area contributed by atoms with Crippen LogP contribution >= 0.6 is 15.9 Å². The zero-order chi connectivity index (χ0) is 15.8. The molecule has 0 saturated heterocycles. The van der Waals surface area contributed by atoms with Crippen LogP contribution in [0.3, 0.4) is 0 Å². The number of benzene rings is 2. The molecular weight excluding hydrogens is 352 g/mol. The van der Waals surface area contributed by atoms with Gasteiger partial charge in [-0.3, -0.25) is 0 Å². The highest BCUT2D eigenvalue weighted by Gasteiger charge is 2.38.